The molecule has 4 aliphatic heterocycles. The molecule has 0 spiro atoms. The van der Waals surface area contributed by atoms with Crippen molar-refractivity contribution >= 4 is 61.7 Å². The van der Waals surface area contributed by atoms with E-state index in [-0.39, 0.29) is 24.4 Å². The Kier molecular flexibility index (Phi) is 11.1. The molecule has 3 fully saturated rings. The first-order valence-electron chi connectivity index (χ1n) is 17.0. The summed E-state index contributed by atoms with van der Waals surface area (Å²) in [6.07, 6.45) is 3.39. The Morgan fingerprint density at radius 1 is 0.812 bits per heavy atom. The molecule has 2 aromatic rings. The van der Waals surface area contributed by atoms with Crippen molar-refractivity contribution in [2.45, 2.75) is 63.5 Å². The quantitative estimate of drug-likeness (QED) is 0.348. The van der Waals surface area contributed by atoms with E-state index in [2.05, 4.69) is 37.2 Å². The van der Waals surface area contributed by atoms with Gasteiger partial charge in [0.05, 0.1) is 0 Å². The third kappa shape index (κ3) is 8.27. The van der Waals surface area contributed by atoms with Gasteiger partial charge in [0, 0.05) is 72.9 Å². The maximum Gasteiger partial charge on any atom is 0.410 e. The Morgan fingerprint density at radius 2 is 1.40 bits per heavy atom. The monoisotopic (exact) mass is 787 g/mol. The van der Waals surface area contributed by atoms with Crippen LogP contribution < -0.4 is 5.32 Å². The van der Waals surface area contributed by atoms with E-state index >= 15 is 0 Å². The highest BCUT2D eigenvalue weighted by molar-refractivity contribution is 9.11. The number of fused-ring (bicyclic) bond motifs is 1. The van der Waals surface area contributed by atoms with Crippen molar-refractivity contribution in [2.75, 3.05) is 51.1 Å². The highest BCUT2D eigenvalue weighted by Gasteiger charge is 2.37. The van der Waals surface area contributed by atoms with Crippen molar-refractivity contribution in [1.82, 2.24) is 19.6 Å². The molecule has 1 atom stereocenters. The molecule has 0 bridgehead atoms. The number of piperidine rings is 3. The second-order valence-corrected chi connectivity index (χ2v) is 15.2. The smallest absolute Gasteiger partial charge is 0.410 e. The van der Waals surface area contributed by atoms with E-state index in [4.69, 9.17) is 4.74 Å². The highest BCUT2D eigenvalue weighted by atomic mass is 79.9. The number of halogens is 2. The maximum atomic E-state index is 14.0. The van der Waals surface area contributed by atoms with Crippen molar-refractivity contribution in [3.8, 4) is 0 Å². The lowest BCUT2D eigenvalue weighted by Gasteiger charge is -2.40. The van der Waals surface area contributed by atoms with Gasteiger partial charge in [0.1, 0.15) is 0 Å². The van der Waals surface area contributed by atoms with Crippen molar-refractivity contribution in [3.05, 3.63) is 62.5 Å². The second kappa shape index (κ2) is 15.5. The summed E-state index contributed by atoms with van der Waals surface area (Å²) in [6.45, 7) is 3.81. The van der Waals surface area contributed by atoms with Crippen LogP contribution in [0.2, 0.25) is 0 Å². The van der Waals surface area contributed by atoms with E-state index in [1.54, 1.807) is 4.90 Å². The summed E-state index contributed by atoms with van der Waals surface area (Å²) in [5, 5.41) is 12.3. The van der Waals surface area contributed by atoms with Gasteiger partial charge in [-0.3, -0.25) is 4.79 Å². The van der Waals surface area contributed by atoms with Crippen LogP contribution in [0.1, 0.15) is 49.7 Å². The van der Waals surface area contributed by atoms with Crippen LogP contribution in [0.3, 0.4) is 0 Å². The number of carbonyl (C=O) groups is 4. The topological polar surface area (TPSA) is 123 Å². The SMILES string of the molecule is O=C(O)N1CCC(C2CCN(C(=O)[C@@H](Cc3cc(Br)cc(Br)c3)OC(=O)N3CCC(N4CCc5ccccc5NC4=O)CC3)CC2)CC1. The minimum absolute atomic E-state index is 0.0115. The Balaban J connectivity index is 1.06. The van der Waals surface area contributed by atoms with Crippen molar-refractivity contribution in [3.63, 3.8) is 0 Å². The first-order chi connectivity index (χ1) is 23.1. The van der Waals surface area contributed by atoms with Crippen molar-refractivity contribution in [2.24, 2.45) is 11.8 Å². The second-order valence-electron chi connectivity index (χ2n) is 13.4. The number of nitrogens with one attached hydrogen (secondary N) is 1. The lowest BCUT2D eigenvalue weighted by atomic mass is 9.79. The van der Waals surface area contributed by atoms with Crippen LogP contribution >= 0.6 is 31.9 Å². The molecule has 2 aromatic carbocycles. The number of rotatable bonds is 6. The maximum absolute atomic E-state index is 14.0. The molecule has 2 N–H and O–H groups in total. The summed E-state index contributed by atoms with van der Waals surface area (Å²) in [4.78, 5) is 58.8. The molecule has 0 unspecified atom stereocenters. The van der Waals surface area contributed by atoms with Crippen molar-refractivity contribution < 1.29 is 29.0 Å². The van der Waals surface area contributed by atoms with E-state index in [9.17, 15) is 24.3 Å². The number of hydrogen-bond donors (Lipinski definition) is 2. The minimum Gasteiger partial charge on any atom is -0.465 e. The highest BCUT2D eigenvalue weighted by Crippen LogP contribution is 2.33. The summed E-state index contributed by atoms with van der Waals surface area (Å²) in [5.41, 5.74) is 2.84. The number of carboxylic acid groups (broad SMARTS) is 1. The number of anilines is 1. The van der Waals surface area contributed by atoms with Gasteiger partial charge in [-0.25, -0.2) is 14.4 Å². The predicted molar refractivity (Wildman–Crippen MR) is 188 cm³/mol. The van der Waals surface area contributed by atoms with Gasteiger partial charge in [-0.1, -0.05) is 50.1 Å². The molecule has 0 aromatic heterocycles. The third-order valence-electron chi connectivity index (χ3n) is 10.5. The van der Waals surface area contributed by atoms with E-state index in [0.29, 0.717) is 70.5 Å². The number of para-hydroxylation sites is 1. The van der Waals surface area contributed by atoms with E-state index in [1.807, 2.05) is 52.3 Å². The van der Waals surface area contributed by atoms with Gasteiger partial charge in [-0.05, 0) is 92.2 Å². The summed E-state index contributed by atoms with van der Waals surface area (Å²) in [7, 11) is 0. The molecule has 5 amide bonds. The van der Waals surface area contributed by atoms with Gasteiger partial charge < -0.3 is 34.8 Å². The van der Waals surface area contributed by atoms with Crippen LogP contribution in [-0.4, -0.2) is 107 Å². The number of ether oxygens (including phenoxy) is 1. The summed E-state index contributed by atoms with van der Waals surface area (Å²) in [5.74, 6) is 0.729. The summed E-state index contributed by atoms with van der Waals surface area (Å²) in [6, 6.07) is 13.6. The normalized spacial score (nSPS) is 20.5. The third-order valence-corrected chi connectivity index (χ3v) is 11.4. The largest absolute Gasteiger partial charge is 0.465 e. The molecule has 6 rings (SSSR count). The zero-order valence-electron chi connectivity index (χ0n) is 27.0. The van der Waals surface area contributed by atoms with Crippen LogP contribution in [0, 0.1) is 11.8 Å². The molecule has 0 radical (unpaired) electrons. The first kappa shape index (κ1) is 34.5. The molecule has 4 aliphatic rings. The molecule has 3 saturated heterocycles. The number of urea groups is 1. The van der Waals surface area contributed by atoms with Gasteiger partial charge in [0.25, 0.3) is 5.91 Å². The zero-order chi connectivity index (χ0) is 33.8. The van der Waals surface area contributed by atoms with E-state index in [0.717, 1.165) is 57.9 Å². The van der Waals surface area contributed by atoms with Gasteiger partial charge in [-0.15, -0.1) is 0 Å². The molecule has 48 heavy (non-hydrogen) atoms. The molecular formula is C35H43Br2N5O6. The number of hydrogen-bond acceptors (Lipinski definition) is 5. The van der Waals surface area contributed by atoms with Crippen molar-refractivity contribution in [1.29, 1.82) is 0 Å². The van der Waals surface area contributed by atoms with E-state index in [1.165, 1.54) is 4.90 Å². The number of carbonyl (C=O) groups excluding carboxylic acids is 3. The lowest BCUT2D eigenvalue weighted by molar-refractivity contribution is -0.142. The fraction of sp³-hybridized carbons (Fsp3) is 0.543. The average molecular weight is 790 g/mol. The molecule has 11 nitrogen and oxygen atoms in total. The van der Waals surface area contributed by atoms with E-state index < -0.39 is 18.3 Å². The van der Waals surface area contributed by atoms with Crippen LogP contribution in [0.25, 0.3) is 0 Å². The van der Waals surface area contributed by atoms with Crippen LogP contribution in [0.5, 0.6) is 0 Å². The Hall–Kier alpha value is -3.32. The molecule has 0 aliphatic carbocycles. The predicted octanol–water partition coefficient (Wildman–Crippen LogP) is 6.44. The number of benzene rings is 2. The molecular weight excluding hydrogens is 746 g/mol. The Labute approximate surface area is 298 Å². The summed E-state index contributed by atoms with van der Waals surface area (Å²) >= 11 is 7.07. The first-order valence-corrected chi connectivity index (χ1v) is 18.6. The van der Waals surface area contributed by atoms with Gasteiger partial charge in [0.2, 0.25) is 0 Å². The minimum atomic E-state index is -0.971. The van der Waals surface area contributed by atoms with Crippen LogP contribution in [0.4, 0.5) is 20.1 Å². The number of nitrogens with zero attached hydrogens (tertiary/aromatic N) is 4. The molecule has 13 heteroatoms. The lowest BCUT2D eigenvalue weighted by Crippen LogP contribution is -2.52. The fourth-order valence-corrected chi connectivity index (χ4v) is 9.16. The molecule has 4 heterocycles. The number of amides is 5. The van der Waals surface area contributed by atoms with Crippen LogP contribution in [-0.2, 0) is 22.4 Å². The molecule has 258 valence electrons. The Bertz CT molecular complexity index is 1480. The number of likely N-dealkylation sites (tertiary alicyclic amines) is 3. The zero-order valence-corrected chi connectivity index (χ0v) is 30.2. The Morgan fingerprint density at radius 3 is 2.02 bits per heavy atom. The standard InChI is InChI=1S/C35H43Br2N5O6/c36-27-19-23(20-28(37)22-27)21-31(32(43)39-12-5-24(6-13-39)25-7-14-40(15-8-25)34(45)46)48-35(47)41-16-10-29(11-17-41)42-18-9-26-3-1-2-4-30(26)38-33(42)44/h1-4,19-20,22,24-25,29,31H,5-18,21H2,(H,38,44)(H,45,46)/t31-/m1/s1. The average Bonchev–Trinajstić information content (AvgIpc) is 3.25. The fourth-order valence-electron chi connectivity index (χ4n) is 7.77. The van der Waals surface area contributed by atoms with Gasteiger partial charge in [0.15, 0.2) is 6.10 Å². The van der Waals surface area contributed by atoms with Gasteiger partial charge >= 0.3 is 18.2 Å². The van der Waals surface area contributed by atoms with Gasteiger partial charge in [-0.2, -0.15) is 0 Å². The van der Waals surface area contributed by atoms with Crippen LogP contribution in [0.15, 0.2) is 51.4 Å². The summed E-state index contributed by atoms with van der Waals surface area (Å²) < 4.78 is 7.77. The molecule has 0 saturated carbocycles.